The molecule has 15 heavy (non-hydrogen) atoms. The minimum Gasteiger partial charge on any atom is -0.363 e. The van der Waals surface area contributed by atoms with E-state index in [9.17, 15) is 4.39 Å². The largest absolute Gasteiger partial charge is 0.363 e. The molecule has 0 radical (unpaired) electrons. The van der Waals surface area contributed by atoms with Gasteiger partial charge in [0.1, 0.15) is 5.82 Å². The number of aromatic amines is 1. The van der Waals surface area contributed by atoms with Crippen molar-refractivity contribution in [2.45, 2.75) is 6.92 Å². The maximum Gasteiger partial charge on any atom is 0.141 e. The highest BCUT2D eigenvalue weighted by molar-refractivity contribution is 6.31. The van der Waals surface area contributed by atoms with E-state index in [0.29, 0.717) is 0 Å². The zero-order chi connectivity index (χ0) is 10.8. The van der Waals surface area contributed by atoms with Crippen LogP contribution >= 0.6 is 11.6 Å². The van der Waals surface area contributed by atoms with Crippen molar-refractivity contribution in [1.82, 2.24) is 4.98 Å². The van der Waals surface area contributed by atoms with E-state index in [0.717, 1.165) is 17.1 Å². The number of aromatic nitrogens is 1. The second-order valence-corrected chi connectivity index (χ2v) is 3.68. The van der Waals surface area contributed by atoms with Gasteiger partial charge in [-0.15, -0.1) is 0 Å². The van der Waals surface area contributed by atoms with E-state index in [2.05, 4.69) is 10.3 Å². The van der Waals surface area contributed by atoms with Crippen molar-refractivity contribution in [3.8, 4) is 0 Å². The van der Waals surface area contributed by atoms with E-state index in [4.69, 9.17) is 11.6 Å². The predicted octanol–water partition coefficient (Wildman–Crippen LogP) is 3.86. The summed E-state index contributed by atoms with van der Waals surface area (Å²) in [6, 6.07) is 6.45. The summed E-state index contributed by atoms with van der Waals surface area (Å²) in [5.74, 6) is -0.409. The molecule has 0 unspecified atom stereocenters. The van der Waals surface area contributed by atoms with Crippen LogP contribution in [0.25, 0.3) is 0 Å². The smallest absolute Gasteiger partial charge is 0.141 e. The molecule has 1 aromatic heterocycles. The first-order valence-electron chi connectivity index (χ1n) is 4.53. The number of halogens is 2. The molecule has 0 saturated heterocycles. The summed E-state index contributed by atoms with van der Waals surface area (Å²) >= 11 is 5.67. The van der Waals surface area contributed by atoms with Crippen LogP contribution < -0.4 is 5.32 Å². The van der Waals surface area contributed by atoms with Crippen LogP contribution in [-0.4, -0.2) is 4.98 Å². The second-order valence-electron chi connectivity index (χ2n) is 3.27. The van der Waals surface area contributed by atoms with Crippen LogP contribution in [0.1, 0.15) is 5.69 Å². The monoisotopic (exact) mass is 224 g/mol. The normalized spacial score (nSPS) is 10.3. The summed E-state index contributed by atoms with van der Waals surface area (Å²) < 4.78 is 12.9. The molecule has 2 aromatic rings. The van der Waals surface area contributed by atoms with E-state index in [-0.39, 0.29) is 5.02 Å². The molecule has 4 heteroatoms. The molecule has 2 nitrogen and oxygen atoms in total. The number of hydrogen-bond donors (Lipinski definition) is 2. The molecule has 0 aliphatic heterocycles. The number of benzene rings is 1. The molecule has 0 amide bonds. The average molecular weight is 225 g/mol. The Morgan fingerprint density at radius 2 is 2.13 bits per heavy atom. The predicted molar refractivity (Wildman–Crippen MR) is 60.2 cm³/mol. The molecular weight excluding hydrogens is 215 g/mol. The molecule has 1 heterocycles. The quantitative estimate of drug-likeness (QED) is 0.797. The molecule has 0 aliphatic rings. The number of rotatable bonds is 2. The van der Waals surface area contributed by atoms with Gasteiger partial charge in [0, 0.05) is 17.6 Å². The lowest BCUT2D eigenvalue weighted by molar-refractivity contribution is 0.628. The van der Waals surface area contributed by atoms with Gasteiger partial charge in [0.05, 0.1) is 10.7 Å². The lowest BCUT2D eigenvalue weighted by Gasteiger charge is -2.06. The van der Waals surface area contributed by atoms with E-state index in [1.54, 1.807) is 12.1 Å². The highest BCUT2D eigenvalue weighted by atomic mass is 35.5. The number of H-pyrrole nitrogens is 1. The minimum atomic E-state index is -0.409. The van der Waals surface area contributed by atoms with Crippen molar-refractivity contribution >= 4 is 23.0 Å². The van der Waals surface area contributed by atoms with Crippen molar-refractivity contribution in [3.05, 3.63) is 47.0 Å². The van der Waals surface area contributed by atoms with E-state index < -0.39 is 5.82 Å². The Hall–Kier alpha value is -1.48. The van der Waals surface area contributed by atoms with Crippen molar-refractivity contribution in [2.75, 3.05) is 5.32 Å². The molecule has 0 bridgehead atoms. The summed E-state index contributed by atoms with van der Waals surface area (Å²) in [5, 5.41) is 3.26. The van der Waals surface area contributed by atoms with Crippen LogP contribution in [0.15, 0.2) is 30.5 Å². The van der Waals surface area contributed by atoms with Crippen molar-refractivity contribution in [1.29, 1.82) is 0 Å². The Kier molecular flexibility index (Phi) is 2.64. The minimum absolute atomic E-state index is 0.119. The van der Waals surface area contributed by atoms with Crippen LogP contribution in [0.5, 0.6) is 0 Å². The van der Waals surface area contributed by atoms with Crippen molar-refractivity contribution in [3.63, 3.8) is 0 Å². The van der Waals surface area contributed by atoms with Crippen LogP contribution in [0.2, 0.25) is 5.02 Å². The number of nitrogens with one attached hydrogen (secondary N) is 2. The van der Waals surface area contributed by atoms with Gasteiger partial charge in [-0.2, -0.15) is 0 Å². The summed E-state index contributed by atoms with van der Waals surface area (Å²) in [6.07, 6.45) is 1.84. The summed E-state index contributed by atoms with van der Waals surface area (Å²) in [5.41, 5.74) is 2.75. The number of hydrogen-bond acceptors (Lipinski definition) is 1. The van der Waals surface area contributed by atoms with E-state index in [1.807, 2.05) is 19.2 Å². The number of aryl methyl sites for hydroxylation is 1. The van der Waals surface area contributed by atoms with Gasteiger partial charge < -0.3 is 10.3 Å². The first kappa shape index (κ1) is 10.1. The molecule has 0 atom stereocenters. The summed E-state index contributed by atoms with van der Waals surface area (Å²) in [7, 11) is 0. The molecule has 1 aromatic carbocycles. The third-order valence-corrected chi connectivity index (χ3v) is 2.44. The fraction of sp³-hybridized carbons (Fsp3) is 0.0909. The summed E-state index contributed by atoms with van der Waals surface area (Å²) in [4.78, 5) is 3.05. The molecule has 0 spiro atoms. The third kappa shape index (κ3) is 2.13. The molecular formula is C11H10ClFN2. The van der Waals surface area contributed by atoms with Crippen LogP contribution in [-0.2, 0) is 0 Å². The molecule has 78 valence electrons. The van der Waals surface area contributed by atoms with Crippen molar-refractivity contribution < 1.29 is 4.39 Å². The first-order chi connectivity index (χ1) is 7.16. The zero-order valence-corrected chi connectivity index (χ0v) is 8.90. The molecule has 0 saturated carbocycles. The Morgan fingerprint density at radius 1 is 1.33 bits per heavy atom. The van der Waals surface area contributed by atoms with Gasteiger partial charge in [-0.1, -0.05) is 11.6 Å². The van der Waals surface area contributed by atoms with Crippen LogP contribution in [0, 0.1) is 12.7 Å². The second kappa shape index (κ2) is 3.95. The van der Waals surface area contributed by atoms with E-state index in [1.165, 1.54) is 6.07 Å². The average Bonchev–Trinajstić information content (AvgIpc) is 2.59. The molecule has 2 rings (SSSR count). The highest BCUT2D eigenvalue weighted by Gasteiger charge is 2.02. The highest BCUT2D eigenvalue weighted by Crippen LogP contribution is 2.23. The Labute approximate surface area is 92.1 Å². The zero-order valence-electron chi connectivity index (χ0n) is 8.14. The van der Waals surface area contributed by atoms with Gasteiger partial charge in [-0.3, -0.25) is 0 Å². The fourth-order valence-electron chi connectivity index (χ4n) is 1.32. The maximum atomic E-state index is 12.9. The van der Waals surface area contributed by atoms with Gasteiger partial charge in [0.25, 0.3) is 0 Å². The molecule has 2 N–H and O–H groups in total. The Balaban J connectivity index is 2.25. The first-order valence-corrected chi connectivity index (χ1v) is 4.90. The van der Waals surface area contributed by atoms with Crippen molar-refractivity contribution in [2.24, 2.45) is 0 Å². The topological polar surface area (TPSA) is 27.8 Å². The van der Waals surface area contributed by atoms with Crippen LogP contribution in [0.4, 0.5) is 15.8 Å². The number of anilines is 2. The summed E-state index contributed by atoms with van der Waals surface area (Å²) in [6.45, 7) is 1.95. The maximum absolute atomic E-state index is 12.9. The van der Waals surface area contributed by atoms with Gasteiger partial charge in [-0.25, -0.2) is 4.39 Å². The SMILES string of the molecule is Cc1[nH]ccc1Nc1ccc(F)c(Cl)c1. The lowest BCUT2D eigenvalue weighted by atomic mass is 10.3. The molecule has 0 aliphatic carbocycles. The molecule has 0 fully saturated rings. The van der Waals surface area contributed by atoms with Crippen LogP contribution in [0.3, 0.4) is 0 Å². The van der Waals surface area contributed by atoms with Gasteiger partial charge >= 0.3 is 0 Å². The Morgan fingerprint density at radius 3 is 2.73 bits per heavy atom. The third-order valence-electron chi connectivity index (χ3n) is 2.15. The standard InChI is InChI=1S/C11H10ClFN2/c1-7-11(4-5-14-7)15-8-2-3-10(13)9(12)6-8/h2-6,14-15H,1H3. The fourth-order valence-corrected chi connectivity index (χ4v) is 1.50. The Bertz CT molecular complexity index is 479. The van der Waals surface area contributed by atoms with Gasteiger partial charge in [0.15, 0.2) is 0 Å². The van der Waals surface area contributed by atoms with E-state index >= 15 is 0 Å². The van der Waals surface area contributed by atoms with Gasteiger partial charge in [-0.05, 0) is 31.2 Å². The lowest BCUT2D eigenvalue weighted by Crippen LogP contribution is -1.91. The van der Waals surface area contributed by atoms with Gasteiger partial charge in [0.2, 0.25) is 0 Å².